The van der Waals surface area contributed by atoms with Crippen LogP contribution in [0.1, 0.15) is 32.0 Å². The summed E-state index contributed by atoms with van der Waals surface area (Å²) in [7, 11) is 0. The van der Waals surface area contributed by atoms with Gasteiger partial charge in [-0.15, -0.1) is 0 Å². The summed E-state index contributed by atoms with van der Waals surface area (Å²) in [5.74, 6) is 1.51. The predicted octanol–water partition coefficient (Wildman–Crippen LogP) is 2.78. The predicted molar refractivity (Wildman–Crippen MR) is 83.3 cm³/mol. The van der Waals surface area contributed by atoms with E-state index in [4.69, 9.17) is 9.72 Å². The van der Waals surface area contributed by atoms with Gasteiger partial charge in [-0.1, -0.05) is 19.1 Å². The highest BCUT2D eigenvalue weighted by Crippen LogP contribution is 2.22. The molecule has 2 atom stereocenters. The van der Waals surface area contributed by atoms with E-state index < -0.39 is 0 Å². The quantitative estimate of drug-likeness (QED) is 0.889. The van der Waals surface area contributed by atoms with Crippen LogP contribution in [0.25, 0.3) is 11.0 Å². The van der Waals surface area contributed by atoms with Crippen molar-refractivity contribution in [3.63, 3.8) is 0 Å². The van der Waals surface area contributed by atoms with Gasteiger partial charge in [0.15, 0.2) is 0 Å². The van der Waals surface area contributed by atoms with Crippen LogP contribution in [-0.4, -0.2) is 34.0 Å². The van der Waals surface area contributed by atoms with E-state index in [-0.39, 0.29) is 6.10 Å². The van der Waals surface area contributed by atoms with Crippen LogP contribution in [0, 0.1) is 5.92 Å². The van der Waals surface area contributed by atoms with Crippen molar-refractivity contribution in [3.05, 3.63) is 30.1 Å². The Bertz CT molecular complexity index is 587. The maximum atomic E-state index is 10.4. The molecule has 0 aliphatic carbocycles. The van der Waals surface area contributed by atoms with Crippen LogP contribution in [0.3, 0.4) is 0 Å². The van der Waals surface area contributed by atoms with Crippen molar-refractivity contribution in [2.45, 2.75) is 45.3 Å². The third-order valence-corrected chi connectivity index (χ3v) is 4.23. The van der Waals surface area contributed by atoms with Gasteiger partial charge in [-0.25, -0.2) is 4.98 Å². The zero-order chi connectivity index (χ0) is 14.7. The molecule has 1 fully saturated rings. The summed E-state index contributed by atoms with van der Waals surface area (Å²) >= 11 is 0. The third-order valence-electron chi connectivity index (χ3n) is 4.23. The minimum absolute atomic E-state index is 0.330. The number of aliphatic hydroxyl groups excluding tert-OH is 1. The number of rotatable bonds is 6. The minimum atomic E-state index is -0.330. The number of ether oxygens (including phenoxy) is 1. The first-order valence-corrected chi connectivity index (χ1v) is 7.98. The molecular formula is C17H24N2O2. The summed E-state index contributed by atoms with van der Waals surface area (Å²) in [5, 5.41) is 10.4. The number of aryl methyl sites for hydroxylation is 1. The largest absolute Gasteiger partial charge is 0.393 e. The van der Waals surface area contributed by atoms with Gasteiger partial charge in [-0.05, 0) is 37.3 Å². The van der Waals surface area contributed by atoms with E-state index >= 15 is 0 Å². The molecule has 114 valence electrons. The zero-order valence-electron chi connectivity index (χ0n) is 12.7. The van der Waals surface area contributed by atoms with Gasteiger partial charge in [0.25, 0.3) is 0 Å². The van der Waals surface area contributed by atoms with Gasteiger partial charge in [-0.3, -0.25) is 0 Å². The molecule has 4 heteroatoms. The van der Waals surface area contributed by atoms with Crippen molar-refractivity contribution in [2.24, 2.45) is 5.92 Å². The van der Waals surface area contributed by atoms with E-state index in [1.165, 1.54) is 5.52 Å². The Morgan fingerprint density at radius 2 is 2.29 bits per heavy atom. The topological polar surface area (TPSA) is 47.3 Å². The molecule has 0 saturated carbocycles. The Balaban J connectivity index is 1.76. The van der Waals surface area contributed by atoms with Crippen molar-refractivity contribution in [2.75, 3.05) is 13.2 Å². The number of imidazole rings is 1. The van der Waals surface area contributed by atoms with Crippen molar-refractivity contribution in [3.8, 4) is 0 Å². The van der Waals surface area contributed by atoms with Gasteiger partial charge in [0, 0.05) is 26.2 Å². The van der Waals surface area contributed by atoms with Crippen molar-refractivity contribution in [1.82, 2.24) is 9.55 Å². The molecule has 1 aromatic heterocycles. The lowest BCUT2D eigenvalue weighted by atomic mass is 9.99. The summed E-state index contributed by atoms with van der Waals surface area (Å²) in [4.78, 5) is 4.72. The molecule has 1 saturated heterocycles. The standard InChI is InChI=1S/C17H24N2O2/c1-2-8-19-16-6-4-3-5-15(16)18-17(19)11-14(20)10-13-7-9-21-12-13/h3-6,13-14,20H,2,7-12H2,1H3. The molecule has 1 N–H and O–H groups in total. The molecule has 0 bridgehead atoms. The molecular weight excluding hydrogens is 264 g/mol. The van der Waals surface area contributed by atoms with Gasteiger partial charge < -0.3 is 14.4 Å². The fraction of sp³-hybridized carbons (Fsp3) is 0.588. The molecule has 1 aliphatic rings. The number of aliphatic hydroxyl groups is 1. The molecule has 2 aromatic rings. The van der Waals surface area contributed by atoms with Gasteiger partial charge in [0.2, 0.25) is 0 Å². The zero-order valence-corrected chi connectivity index (χ0v) is 12.7. The average Bonchev–Trinajstić information content (AvgIpc) is 3.08. The maximum Gasteiger partial charge on any atom is 0.112 e. The number of hydrogen-bond donors (Lipinski definition) is 1. The third kappa shape index (κ3) is 3.27. The highest BCUT2D eigenvalue weighted by molar-refractivity contribution is 5.75. The normalized spacial score (nSPS) is 20.2. The van der Waals surface area contributed by atoms with Gasteiger partial charge >= 0.3 is 0 Å². The van der Waals surface area contributed by atoms with Crippen LogP contribution in [0.5, 0.6) is 0 Å². The Morgan fingerprint density at radius 1 is 1.43 bits per heavy atom. The van der Waals surface area contributed by atoms with Crippen LogP contribution >= 0.6 is 0 Å². The molecule has 4 nitrogen and oxygen atoms in total. The van der Waals surface area contributed by atoms with E-state index in [0.717, 1.165) is 50.4 Å². The van der Waals surface area contributed by atoms with Crippen LogP contribution in [0.2, 0.25) is 0 Å². The molecule has 1 aromatic carbocycles. The maximum absolute atomic E-state index is 10.4. The first-order valence-electron chi connectivity index (χ1n) is 7.98. The van der Waals surface area contributed by atoms with E-state index in [1.54, 1.807) is 0 Å². The lowest BCUT2D eigenvalue weighted by Gasteiger charge is -2.15. The summed E-state index contributed by atoms with van der Waals surface area (Å²) in [6, 6.07) is 8.22. The van der Waals surface area contributed by atoms with E-state index in [0.29, 0.717) is 12.3 Å². The Morgan fingerprint density at radius 3 is 3.05 bits per heavy atom. The van der Waals surface area contributed by atoms with Crippen LogP contribution < -0.4 is 0 Å². The summed E-state index contributed by atoms with van der Waals surface area (Å²) in [6.45, 7) is 4.76. The Labute approximate surface area is 125 Å². The number of para-hydroxylation sites is 2. The molecule has 3 rings (SSSR count). The highest BCUT2D eigenvalue weighted by Gasteiger charge is 2.21. The van der Waals surface area contributed by atoms with Crippen molar-refractivity contribution >= 4 is 11.0 Å². The minimum Gasteiger partial charge on any atom is -0.393 e. The van der Waals surface area contributed by atoms with Crippen LogP contribution in [0.4, 0.5) is 0 Å². The fourth-order valence-corrected chi connectivity index (χ4v) is 3.20. The first-order chi connectivity index (χ1) is 10.3. The summed E-state index contributed by atoms with van der Waals surface area (Å²) < 4.78 is 7.64. The Kier molecular flexibility index (Phi) is 4.56. The average molecular weight is 288 g/mol. The van der Waals surface area contributed by atoms with Crippen molar-refractivity contribution in [1.29, 1.82) is 0 Å². The second-order valence-corrected chi connectivity index (χ2v) is 5.99. The van der Waals surface area contributed by atoms with E-state index in [2.05, 4.69) is 17.6 Å². The second kappa shape index (κ2) is 6.58. The molecule has 0 amide bonds. The number of hydrogen-bond acceptors (Lipinski definition) is 3. The van der Waals surface area contributed by atoms with Gasteiger partial charge in [-0.2, -0.15) is 0 Å². The smallest absolute Gasteiger partial charge is 0.112 e. The highest BCUT2D eigenvalue weighted by atomic mass is 16.5. The van der Waals surface area contributed by atoms with Crippen LogP contribution in [0.15, 0.2) is 24.3 Å². The van der Waals surface area contributed by atoms with Gasteiger partial charge in [0.1, 0.15) is 5.82 Å². The number of fused-ring (bicyclic) bond motifs is 1. The van der Waals surface area contributed by atoms with Gasteiger partial charge in [0.05, 0.1) is 17.1 Å². The Hall–Kier alpha value is -1.39. The molecule has 2 heterocycles. The fourth-order valence-electron chi connectivity index (χ4n) is 3.20. The lowest BCUT2D eigenvalue weighted by molar-refractivity contribution is 0.126. The van der Waals surface area contributed by atoms with E-state index in [9.17, 15) is 5.11 Å². The molecule has 21 heavy (non-hydrogen) atoms. The number of nitrogens with zero attached hydrogens (tertiary/aromatic N) is 2. The first kappa shape index (κ1) is 14.5. The second-order valence-electron chi connectivity index (χ2n) is 5.99. The summed E-state index contributed by atoms with van der Waals surface area (Å²) in [6.07, 6.45) is 3.26. The molecule has 2 unspecified atom stereocenters. The monoisotopic (exact) mass is 288 g/mol. The van der Waals surface area contributed by atoms with Crippen molar-refractivity contribution < 1.29 is 9.84 Å². The molecule has 1 aliphatic heterocycles. The molecule has 0 radical (unpaired) electrons. The lowest BCUT2D eigenvalue weighted by Crippen LogP contribution is -2.19. The SMILES string of the molecule is CCCn1c(CC(O)CC2CCOC2)nc2ccccc21. The summed E-state index contributed by atoms with van der Waals surface area (Å²) in [5.41, 5.74) is 2.20. The molecule has 0 spiro atoms. The van der Waals surface area contributed by atoms with Crippen LogP contribution in [-0.2, 0) is 17.7 Å². The number of benzene rings is 1. The number of aromatic nitrogens is 2. The van der Waals surface area contributed by atoms with E-state index in [1.807, 2.05) is 18.2 Å².